The number of aromatic amines is 1. The Hall–Kier alpha value is -2.67. The molecule has 3 aliphatic rings. The number of thioether (sulfide) groups is 1. The van der Waals surface area contributed by atoms with E-state index >= 15 is 0 Å². The third-order valence-electron chi connectivity index (χ3n) is 7.85. The summed E-state index contributed by atoms with van der Waals surface area (Å²) < 4.78 is 1.64. The molecule has 2 saturated heterocycles. The minimum atomic E-state index is -0.0352. The molecule has 1 amide bonds. The van der Waals surface area contributed by atoms with Gasteiger partial charge in [0.15, 0.2) is 0 Å². The Morgan fingerprint density at radius 3 is 2.48 bits per heavy atom. The molecule has 1 saturated carbocycles. The van der Waals surface area contributed by atoms with E-state index in [0.29, 0.717) is 10.9 Å². The summed E-state index contributed by atoms with van der Waals surface area (Å²) in [4.78, 5) is 33.6. The quantitative estimate of drug-likeness (QED) is 0.637. The van der Waals surface area contributed by atoms with Gasteiger partial charge >= 0.3 is 0 Å². The van der Waals surface area contributed by atoms with Gasteiger partial charge in [-0.3, -0.25) is 9.59 Å². The number of anilines is 1. The highest BCUT2D eigenvalue weighted by Gasteiger charge is 2.44. The number of amides is 1. The molecule has 1 aromatic carbocycles. The Kier molecular flexibility index (Phi) is 5.05. The zero-order valence-electron chi connectivity index (χ0n) is 19.1. The molecule has 2 aromatic heterocycles. The summed E-state index contributed by atoms with van der Waals surface area (Å²) in [7, 11) is 1.80. The van der Waals surface area contributed by atoms with Gasteiger partial charge in [0.1, 0.15) is 5.52 Å². The zero-order chi connectivity index (χ0) is 22.6. The number of benzene rings is 1. The molecule has 2 aliphatic heterocycles. The van der Waals surface area contributed by atoms with Gasteiger partial charge in [-0.15, -0.1) is 0 Å². The van der Waals surface area contributed by atoms with Gasteiger partial charge < -0.3 is 19.4 Å². The van der Waals surface area contributed by atoms with E-state index in [4.69, 9.17) is 0 Å². The van der Waals surface area contributed by atoms with Crippen LogP contribution >= 0.6 is 11.8 Å². The molecular weight excluding hydrogens is 432 g/mol. The van der Waals surface area contributed by atoms with Crippen molar-refractivity contribution >= 4 is 34.3 Å². The van der Waals surface area contributed by atoms with Gasteiger partial charge in [0.05, 0.1) is 0 Å². The fourth-order valence-corrected chi connectivity index (χ4v) is 6.40. The number of H-pyrrole nitrogens is 1. The average molecular weight is 463 g/mol. The number of hydrogen-bond donors (Lipinski definition) is 1. The highest BCUT2D eigenvalue weighted by molar-refractivity contribution is 7.99. The maximum absolute atomic E-state index is 13.3. The van der Waals surface area contributed by atoms with Crippen LogP contribution in [0.15, 0.2) is 41.5 Å². The largest absolute Gasteiger partial charge is 0.371 e. The van der Waals surface area contributed by atoms with Crippen molar-refractivity contribution in [1.29, 1.82) is 0 Å². The summed E-state index contributed by atoms with van der Waals surface area (Å²) in [6.07, 6.45) is 8.99. The second kappa shape index (κ2) is 7.97. The smallest absolute Gasteiger partial charge is 0.274 e. The van der Waals surface area contributed by atoms with Crippen LogP contribution in [0.5, 0.6) is 0 Å². The van der Waals surface area contributed by atoms with Crippen molar-refractivity contribution in [3.05, 3.63) is 52.6 Å². The Morgan fingerprint density at radius 1 is 1.00 bits per heavy atom. The van der Waals surface area contributed by atoms with Crippen molar-refractivity contribution in [3.63, 3.8) is 0 Å². The van der Waals surface area contributed by atoms with Gasteiger partial charge in [-0.1, -0.05) is 0 Å². The summed E-state index contributed by atoms with van der Waals surface area (Å²) in [6.45, 7) is 3.70. The number of aryl methyl sites for hydroxylation is 1. The van der Waals surface area contributed by atoms with E-state index in [2.05, 4.69) is 22.0 Å². The van der Waals surface area contributed by atoms with Crippen LogP contribution in [0, 0.1) is 5.41 Å². The lowest BCUT2D eigenvalue weighted by molar-refractivity contribution is 0.0772. The number of aromatic nitrogens is 2. The van der Waals surface area contributed by atoms with Crippen LogP contribution in [0.3, 0.4) is 0 Å². The first-order valence-corrected chi connectivity index (χ1v) is 13.1. The van der Waals surface area contributed by atoms with Crippen LogP contribution < -0.4 is 10.5 Å². The van der Waals surface area contributed by atoms with Gasteiger partial charge in [0.25, 0.3) is 11.5 Å². The molecule has 1 aliphatic carbocycles. The minimum Gasteiger partial charge on any atom is -0.371 e. The monoisotopic (exact) mass is 462 g/mol. The number of fused-ring (bicyclic) bond motifs is 1. The highest BCUT2D eigenvalue weighted by Crippen LogP contribution is 2.54. The fraction of sp³-hybridized carbons (Fsp3) is 0.462. The maximum atomic E-state index is 13.3. The molecule has 4 heterocycles. The van der Waals surface area contributed by atoms with Crippen molar-refractivity contribution in [2.75, 3.05) is 42.6 Å². The highest BCUT2D eigenvalue weighted by atomic mass is 32.2. The van der Waals surface area contributed by atoms with Crippen molar-refractivity contribution in [3.8, 4) is 11.1 Å². The molecule has 0 radical (unpaired) electrons. The molecule has 0 unspecified atom stereocenters. The number of carbonyl (C=O) groups is 1. The van der Waals surface area contributed by atoms with Crippen LogP contribution in [-0.4, -0.2) is 58.0 Å². The van der Waals surface area contributed by atoms with Crippen LogP contribution in [0.2, 0.25) is 0 Å². The predicted octanol–water partition coefficient (Wildman–Crippen LogP) is 4.10. The third kappa shape index (κ3) is 3.66. The molecule has 6 nitrogen and oxygen atoms in total. The van der Waals surface area contributed by atoms with Crippen LogP contribution in [0.25, 0.3) is 22.0 Å². The van der Waals surface area contributed by atoms with E-state index in [1.807, 2.05) is 41.2 Å². The second-order valence-electron chi connectivity index (χ2n) is 9.85. The summed E-state index contributed by atoms with van der Waals surface area (Å²) in [6, 6.07) is 8.17. The Bertz CT molecular complexity index is 1270. The van der Waals surface area contributed by atoms with Gasteiger partial charge in [0.2, 0.25) is 0 Å². The minimum absolute atomic E-state index is 0.0352. The van der Waals surface area contributed by atoms with E-state index in [-0.39, 0.29) is 11.5 Å². The number of rotatable bonds is 3. The predicted molar refractivity (Wildman–Crippen MR) is 135 cm³/mol. The number of nitrogens with zero attached hydrogens (tertiary/aromatic N) is 3. The zero-order valence-corrected chi connectivity index (χ0v) is 19.9. The molecule has 33 heavy (non-hydrogen) atoms. The van der Waals surface area contributed by atoms with E-state index in [9.17, 15) is 9.59 Å². The van der Waals surface area contributed by atoms with Crippen molar-refractivity contribution in [2.45, 2.75) is 25.7 Å². The fourth-order valence-electron chi connectivity index (χ4n) is 5.49. The molecule has 7 heteroatoms. The van der Waals surface area contributed by atoms with Gasteiger partial charge in [-0.05, 0) is 55.4 Å². The van der Waals surface area contributed by atoms with Crippen LogP contribution in [0.4, 0.5) is 5.69 Å². The SMILES string of the molecule is Cn1cc(-c2cc(C(=O)N3CCSCC3)ccc2N2CCC3(CC2)CC3)c2cc[nH]c2c1=O. The first-order chi connectivity index (χ1) is 16.0. The lowest BCUT2D eigenvalue weighted by atomic mass is 9.91. The standard InChI is InChI=1S/C26H30N4O2S/c1-28-17-21(19-4-9-27-23(19)25(28)32)20-16-18(24(31)30-12-14-33-15-13-30)2-3-22(20)29-10-7-26(5-6-26)8-11-29/h2-4,9,16-17,27H,5-8,10-15H2,1H3. The number of nitrogens with one attached hydrogen (secondary N) is 1. The molecule has 0 bridgehead atoms. The Morgan fingerprint density at radius 2 is 1.76 bits per heavy atom. The average Bonchev–Trinajstić information content (AvgIpc) is 3.41. The molecule has 172 valence electrons. The summed E-state index contributed by atoms with van der Waals surface area (Å²) in [5.74, 6) is 2.10. The number of carbonyl (C=O) groups excluding carboxylic acids is 1. The molecule has 6 rings (SSSR count). The number of hydrogen-bond acceptors (Lipinski definition) is 4. The van der Waals surface area contributed by atoms with E-state index in [0.717, 1.165) is 65.4 Å². The first kappa shape index (κ1) is 20.9. The van der Waals surface area contributed by atoms with Crippen LogP contribution in [-0.2, 0) is 7.05 Å². The van der Waals surface area contributed by atoms with E-state index < -0.39 is 0 Å². The van der Waals surface area contributed by atoms with Gasteiger partial charge in [-0.2, -0.15) is 11.8 Å². The summed E-state index contributed by atoms with van der Waals surface area (Å²) in [5.41, 5.74) is 5.11. The third-order valence-corrected chi connectivity index (χ3v) is 8.79. The number of piperidine rings is 1. The van der Waals surface area contributed by atoms with Crippen molar-refractivity contribution < 1.29 is 4.79 Å². The summed E-state index contributed by atoms with van der Waals surface area (Å²) in [5, 5.41) is 0.911. The molecule has 1 spiro atoms. The van der Waals surface area contributed by atoms with Crippen molar-refractivity contribution in [1.82, 2.24) is 14.5 Å². The second-order valence-corrected chi connectivity index (χ2v) is 11.1. The lowest BCUT2D eigenvalue weighted by Gasteiger charge is -2.35. The summed E-state index contributed by atoms with van der Waals surface area (Å²) >= 11 is 1.91. The molecule has 1 N–H and O–H groups in total. The molecular formula is C26H30N4O2S. The van der Waals surface area contributed by atoms with E-state index in [1.165, 1.54) is 25.7 Å². The van der Waals surface area contributed by atoms with E-state index in [1.54, 1.807) is 11.6 Å². The molecule has 0 atom stereocenters. The first-order valence-electron chi connectivity index (χ1n) is 12.0. The Labute approximate surface area is 198 Å². The van der Waals surface area contributed by atoms with Gasteiger partial charge in [0, 0.05) is 84.9 Å². The number of pyridine rings is 1. The molecule has 3 fully saturated rings. The van der Waals surface area contributed by atoms with Crippen molar-refractivity contribution in [2.24, 2.45) is 12.5 Å². The molecule has 3 aromatic rings. The maximum Gasteiger partial charge on any atom is 0.274 e. The van der Waals surface area contributed by atoms with Crippen LogP contribution in [0.1, 0.15) is 36.0 Å². The Balaban J connectivity index is 1.46. The normalized spacial score (nSPS) is 19.9. The lowest BCUT2D eigenvalue weighted by Crippen LogP contribution is -2.38. The topological polar surface area (TPSA) is 61.3 Å². The van der Waals surface area contributed by atoms with Gasteiger partial charge in [-0.25, -0.2) is 0 Å².